The monoisotopic (exact) mass is 251 g/mol. The molecule has 96 valence electrons. The van der Waals surface area contributed by atoms with Gasteiger partial charge in [0.15, 0.2) is 6.10 Å². The lowest BCUT2D eigenvalue weighted by Crippen LogP contribution is -2.48. The van der Waals surface area contributed by atoms with Crippen LogP contribution >= 0.6 is 0 Å². The number of amides is 1. The first-order chi connectivity index (χ1) is 8.61. The molecule has 2 atom stereocenters. The molecule has 1 aliphatic rings. The minimum atomic E-state index is -1.30. The number of aliphatic carboxylic acids is 1. The summed E-state index contributed by atoms with van der Waals surface area (Å²) in [6, 6.07) is 5.94. The maximum Gasteiger partial charge on any atom is 0.328 e. The van der Waals surface area contributed by atoms with Crippen LogP contribution in [-0.4, -0.2) is 40.8 Å². The second-order valence-electron chi connectivity index (χ2n) is 4.00. The first-order valence-electron chi connectivity index (χ1n) is 5.50. The second-order valence-corrected chi connectivity index (χ2v) is 4.00. The van der Waals surface area contributed by atoms with Crippen molar-refractivity contribution < 1.29 is 24.5 Å². The molecule has 1 heterocycles. The van der Waals surface area contributed by atoms with Crippen molar-refractivity contribution in [3.8, 4) is 5.75 Å². The average molecular weight is 251 g/mol. The Balaban J connectivity index is 1.99. The fourth-order valence-electron chi connectivity index (χ4n) is 1.78. The Kier molecular flexibility index (Phi) is 3.47. The molecular formula is C12H13NO5. The van der Waals surface area contributed by atoms with Gasteiger partial charge < -0.3 is 20.3 Å². The fourth-order valence-corrected chi connectivity index (χ4v) is 1.78. The number of para-hydroxylation sites is 1. The Morgan fingerprint density at radius 2 is 2.17 bits per heavy atom. The molecule has 0 aromatic heterocycles. The number of nitrogens with one attached hydrogen (secondary N) is 1. The molecular weight excluding hydrogens is 238 g/mol. The highest BCUT2D eigenvalue weighted by molar-refractivity contribution is 5.87. The van der Waals surface area contributed by atoms with E-state index in [2.05, 4.69) is 5.32 Å². The Bertz CT molecular complexity index is 448. The molecule has 18 heavy (non-hydrogen) atoms. The van der Waals surface area contributed by atoms with Gasteiger partial charge in [0.25, 0.3) is 5.91 Å². The highest BCUT2D eigenvalue weighted by Gasteiger charge is 2.31. The number of rotatable bonds is 4. The van der Waals surface area contributed by atoms with Crippen LogP contribution < -0.4 is 10.1 Å². The number of carboxylic acid groups (broad SMARTS) is 1. The van der Waals surface area contributed by atoms with E-state index < -0.39 is 30.6 Å². The Labute approximate surface area is 103 Å². The fraction of sp³-hybridized carbons (Fsp3) is 0.333. The predicted octanol–water partition coefficient (Wildman–Crippen LogP) is -0.448. The van der Waals surface area contributed by atoms with Crippen LogP contribution in [0.25, 0.3) is 0 Å². The predicted molar refractivity (Wildman–Crippen MR) is 61.2 cm³/mol. The van der Waals surface area contributed by atoms with Crippen LogP contribution in [0.1, 0.15) is 5.56 Å². The molecule has 3 N–H and O–H groups in total. The van der Waals surface area contributed by atoms with Crippen molar-refractivity contribution >= 4 is 11.9 Å². The number of aliphatic hydroxyl groups excluding tert-OH is 1. The number of aliphatic hydroxyl groups is 1. The minimum absolute atomic E-state index is 0.403. The molecule has 0 spiro atoms. The van der Waals surface area contributed by atoms with E-state index in [-0.39, 0.29) is 0 Å². The third-order valence-corrected chi connectivity index (χ3v) is 2.74. The molecule has 1 aromatic carbocycles. The van der Waals surface area contributed by atoms with Crippen molar-refractivity contribution in [3.05, 3.63) is 29.8 Å². The standard InChI is InChI=1S/C12H13NO5/c14-6-8(12(16)17)13-11(15)10-5-7-3-1-2-4-9(7)18-10/h1-4,8,10,14H,5-6H2,(H,13,15)(H,16,17)/t8-,10?/m0/s1. The van der Waals surface area contributed by atoms with Gasteiger partial charge in [0.2, 0.25) is 0 Å². The number of carboxylic acids is 1. The Morgan fingerprint density at radius 1 is 1.44 bits per heavy atom. The van der Waals surface area contributed by atoms with Gasteiger partial charge in [0.05, 0.1) is 6.61 Å². The van der Waals surface area contributed by atoms with Crippen LogP contribution in [0.3, 0.4) is 0 Å². The number of hydrogen-bond donors (Lipinski definition) is 3. The first kappa shape index (κ1) is 12.4. The number of benzene rings is 1. The van der Waals surface area contributed by atoms with E-state index in [1.165, 1.54) is 0 Å². The zero-order chi connectivity index (χ0) is 13.1. The highest BCUT2D eigenvalue weighted by atomic mass is 16.5. The minimum Gasteiger partial charge on any atom is -0.480 e. The molecule has 1 aromatic rings. The zero-order valence-electron chi connectivity index (χ0n) is 9.50. The molecule has 0 radical (unpaired) electrons. The number of carbonyl (C=O) groups is 2. The molecule has 0 saturated heterocycles. The number of ether oxygens (including phenoxy) is 1. The van der Waals surface area contributed by atoms with E-state index in [4.69, 9.17) is 14.9 Å². The van der Waals surface area contributed by atoms with Crippen LogP contribution in [-0.2, 0) is 16.0 Å². The van der Waals surface area contributed by atoms with Gasteiger partial charge in [-0.05, 0) is 11.6 Å². The van der Waals surface area contributed by atoms with Crippen LogP contribution in [0.4, 0.5) is 0 Å². The van der Waals surface area contributed by atoms with E-state index in [9.17, 15) is 9.59 Å². The van der Waals surface area contributed by atoms with Gasteiger partial charge in [-0.15, -0.1) is 0 Å². The van der Waals surface area contributed by atoms with Crippen LogP contribution in [0.2, 0.25) is 0 Å². The quantitative estimate of drug-likeness (QED) is 0.673. The van der Waals surface area contributed by atoms with Crippen molar-refractivity contribution in [1.82, 2.24) is 5.32 Å². The van der Waals surface area contributed by atoms with Crippen molar-refractivity contribution in [2.24, 2.45) is 0 Å². The maximum absolute atomic E-state index is 11.8. The summed E-state index contributed by atoms with van der Waals surface area (Å²) in [5, 5.41) is 19.8. The van der Waals surface area contributed by atoms with Gasteiger partial charge in [-0.3, -0.25) is 4.79 Å². The smallest absolute Gasteiger partial charge is 0.328 e. The zero-order valence-corrected chi connectivity index (χ0v) is 9.50. The highest BCUT2D eigenvalue weighted by Crippen LogP contribution is 2.28. The third-order valence-electron chi connectivity index (χ3n) is 2.74. The van der Waals surface area contributed by atoms with Gasteiger partial charge in [0.1, 0.15) is 11.8 Å². The molecule has 1 amide bonds. The van der Waals surface area contributed by atoms with Gasteiger partial charge >= 0.3 is 5.97 Å². The summed E-state index contributed by atoms with van der Waals surface area (Å²) in [6.07, 6.45) is -0.337. The second kappa shape index (κ2) is 5.05. The molecule has 2 rings (SSSR count). The summed E-state index contributed by atoms with van der Waals surface area (Å²) in [6.45, 7) is -0.652. The average Bonchev–Trinajstić information content (AvgIpc) is 2.79. The van der Waals surface area contributed by atoms with Gasteiger partial charge in [-0.1, -0.05) is 18.2 Å². The summed E-state index contributed by atoms with van der Waals surface area (Å²) >= 11 is 0. The summed E-state index contributed by atoms with van der Waals surface area (Å²) in [5.74, 6) is -1.18. The topological polar surface area (TPSA) is 95.9 Å². The lowest BCUT2D eigenvalue weighted by Gasteiger charge is -2.15. The Hall–Kier alpha value is -2.08. The van der Waals surface area contributed by atoms with E-state index >= 15 is 0 Å². The molecule has 6 heteroatoms. The van der Waals surface area contributed by atoms with Crippen LogP contribution in [0.5, 0.6) is 5.75 Å². The summed E-state index contributed by atoms with van der Waals surface area (Å²) in [4.78, 5) is 22.5. The summed E-state index contributed by atoms with van der Waals surface area (Å²) in [5.41, 5.74) is 0.911. The van der Waals surface area contributed by atoms with Crippen molar-refractivity contribution in [1.29, 1.82) is 0 Å². The molecule has 1 aliphatic heterocycles. The molecule has 0 bridgehead atoms. The van der Waals surface area contributed by atoms with Crippen molar-refractivity contribution in [3.63, 3.8) is 0 Å². The van der Waals surface area contributed by atoms with E-state index in [0.717, 1.165) is 5.56 Å². The van der Waals surface area contributed by atoms with Crippen LogP contribution in [0.15, 0.2) is 24.3 Å². The van der Waals surface area contributed by atoms with Gasteiger partial charge in [0, 0.05) is 6.42 Å². The number of fused-ring (bicyclic) bond motifs is 1. The SMILES string of the molecule is O=C(N[C@@H](CO)C(=O)O)C1Cc2ccccc2O1. The normalized spacial score (nSPS) is 18.6. The largest absolute Gasteiger partial charge is 0.480 e. The van der Waals surface area contributed by atoms with E-state index in [1.807, 2.05) is 12.1 Å². The van der Waals surface area contributed by atoms with E-state index in [0.29, 0.717) is 12.2 Å². The van der Waals surface area contributed by atoms with Gasteiger partial charge in [-0.2, -0.15) is 0 Å². The van der Waals surface area contributed by atoms with Gasteiger partial charge in [-0.25, -0.2) is 4.79 Å². The molecule has 0 fully saturated rings. The molecule has 0 aliphatic carbocycles. The molecule has 0 saturated carbocycles. The van der Waals surface area contributed by atoms with E-state index in [1.54, 1.807) is 12.1 Å². The number of hydrogen-bond acceptors (Lipinski definition) is 4. The lowest BCUT2D eigenvalue weighted by molar-refractivity contribution is -0.144. The lowest BCUT2D eigenvalue weighted by atomic mass is 10.1. The molecule has 1 unspecified atom stereocenters. The summed E-state index contributed by atoms with van der Waals surface area (Å²) in [7, 11) is 0. The first-order valence-corrected chi connectivity index (χ1v) is 5.50. The maximum atomic E-state index is 11.8. The van der Waals surface area contributed by atoms with Crippen LogP contribution in [0, 0.1) is 0 Å². The van der Waals surface area contributed by atoms with Crippen molar-refractivity contribution in [2.45, 2.75) is 18.6 Å². The summed E-state index contributed by atoms with van der Waals surface area (Å²) < 4.78 is 5.41. The third kappa shape index (κ3) is 2.43. The number of carbonyl (C=O) groups excluding carboxylic acids is 1. The van der Waals surface area contributed by atoms with Crippen molar-refractivity contribution in [2.75, 3.05) is 6.61 Å². The molecule has 6 nitrogen and oxygen atoms in total. The Morgan fingerprint density at radius 3 is 2.78 bits per heavy atom.